The van der Waals surface area contributed by atoms with E-state index in [-0.39, 0.29) is 12.1 Å². The van der Waals surface area contributed by atoms with E-state index in [4.69, 9.17) is 4.74 Å². The maximum Gasteiger partial charge on any atom is 0.407 e. The number of amides is 1. The highest BCUT2D eigenvalue weighted by Crippen LogP contribution is 2.33. The lowest BCUT2D eigenvalue weighted by molar-refractivity contribution is 0.0519. The van der Waals surface area contributed by atoms with Gasteiger partial charge in [0.2, 0.25) is 0 Å². The van der Waals surface area contributed by atoms with Gasteiger partial charge in [0.25, 0.3) is 0 Å². The summed E-state index contributed by atoms with van der Waals surface area (Å²) in [6.07, 6.45) is 3.55. The zero-order valence-electron chi connectivity index (χ0n) is 15.5. The Hall–Kier alpha value is -0.770. The largest absolute Gasteiger partial charge is 0.444 e. The third-order valence-electron chi connectivity index (χ3n) is 4.47. The summed E-state index contributed by atoms with van der Waals surface area (Å²) in [7, 11) is 0. The second kappa shape index (κ2) is 8.19. The predicted molar refractivity (Wildman–Crippen MR) is 92.0 cm³/mol. The van der Waals surface area contributed by atoms with Crippen LogP contribution in [-0.4, -0.2) is 30.3 Å². The van der Waals surface area contributed by atoms with E-state index in [2.05, 4.69) is 38.3 Å². The number of alkyl carbamates (subject to hydrolysis) is 1. The first kappa shape index (κ1) is 19.3. The first-order chi connectivity index (χ1) is 10.1. The number of carbonyl (C=O) groups excluding carboxylic acids is 1. The Balaban J connectivity index is 2.42. The Morgan fingerprint density at radius 3 is 2.41 bits per heavy atom. The van der Waals surface area contributed by atoms with Crippen LogP contribution in [0, 0.1) is 17.8 Å². The van der Waals surface area contributed by atoms with Crippen LogP contribution in [0.3, 0.4) is 0 Å². The molecule has 0 radical (unpaired) electrons. The molecule has 0 bridgehead atoms. The van der Waals surface area contributed by atoms with Crippen molar-refractivity contribution in [2.45, 2.75) is 85.4 Å². The summed E-state index contributed by atoms with van der Waals surface area (Å²) in [5.41, 5.74) is -0.442. The Bertz CT molecular complexity index is 349. The Morgan fingerprint density at radius 2 is 1.86 bits per heavy atom. The van der Waals surface area contributed by atoms with Crippen molar-refractivity contribution in [2.75, 3.05) is 6.54 Å². The highest BCUT2D eigenvalue weighted by molar-refractivity contribution is 5.67. The number of hydrogen-bond donors (Lipinski definition) is 2. The summed E-state index contributed by atoms with van der Waals surface area (Å²) in [5.74, 6) is 2.23. The van der Waals surface area contributed by atoms with E-state index >= 15 is 0 Å². The SMILES string of the molecule is CC1CCC(C(C)C)C(NC(C)CNC(=O)OC(C)(C)C)C1. The van der Waals surface area contributed by atoms with Crippen LogP contribution in [0.5, 0.6) is 0 Å². The molecule has 4 heteroatoms. The molecule has 2 N–H and O–H groups in total. The maximum absolute atomic E-state index is 11.7. The molecule has 22 heavy (non-hydrogen) atoms. The molecule has 130 valence electrons. The summed E-state index contributed by atoms with van der Waals surface area (Å²) in [4.78, 5) is 11.7. The molecule has 0 saturated heterocycles. The molecule has 0 aromatic carbocycles. The fraction of sp³-hybridized carbons (Fsp3) is 0.944. The number of carbonyl (C=O) groups is 1. The highest BCUT2D eigenvalue weighted by atomic mass is 16.6. The summed E-state index contributed by atoms with van der Waals surface area (Å²) < 4.78 is 5.28. The number of ether oxygens (including phenoxy) is 1. The van der Waals surface area contributed by atoms with Gasteiger partial charge in [-0.05, 0) is 58.3 Å². The van der Waals surface area contributed by atoms with Crippen molar-refractivity contribution in [1.82, 2.24) is 10.6 Å². The van der Waals surface area contributed by atoms with E-state index in [1.165, 1.54) is 19.3 Å². The fourth-order valence-corrected chi connectivity index (χ4v) is 3.37. The van der Waals surface area contributed by atoms with Gasteiger partial charge in [0.15, 0.2) is 0 Å². The van der Waals surface area contributed by atoms with Crippen molar-refractivity contribution < 1.29 is 9.53 Å². The molecule has 4 nitrogen and oxygen atoms in total. The summed E-state index contributed by atoms with van der Waals surface area (Å²) in [5, 5.41) is 6.59. The Morgan fingerprint density at radius 1 is 1.23 bits per heavy atom. The number of rotatable bonds is 5. The second-order valence-corrected chi connectivity index (χ2v) is 8.38. The molecule has 0 heterocycles. The predicted octanol–water partition coefficient (Wildman–Crippen LogP) is 3.95. The van der Waals surface area contributed by atoms with Crippen LogP contribution < -0.4 is 10.6 Å². The van der Waals surface area contributed by atoms with E-state index in [0.29, 0.717) is 18.5 Å². The standard InChI is InChI=1S/C18H36N2O2/c1-12(2)15-9-8-13(3)10-16(15)20-14(4)11-19-17(21)22-18(5,6)7/h12-16,20H,8-11H2,1-7H3,(H,19,21). The van der Waals surface area contributed by atoms with Gasteiger partial charge in [-0.3, -0.25) is 0 Å². The molecule has 0 aliphatic heterocycles. The molecule has 1 aliphatic rings. The molecule has 0 aromatic heterocycles. The molecular weight excluding hydrogens is 276 g/mol. The lowest BCUT2D eigenvalue weighted by atomic mass is 9.74. The Kier molecular flexibility index (Phi) is 7.17. The average Bonchev–Trinajstić information content (AvgIpc) is 2.34. The zero-order valence-corrected chi connectivity index (χ0v) is 15.5. The van der Waals surface area contributed by atoms with Crippen molar-refractivity contribution in [3.05, 3.63) is 0 Å². The number of nitrogens with one attached hydrogen (secondary N) is 2. The zero-order chi connectivity index (χ0) is 16.9. The van der Waals surface area contributed by atoms with Crippen LogP contribution >= 0.6 is 0 Å². The minimum atomic E-state index is -0.442. The number of hydrogen-bond acceptors (Lipinski definition) is 3. The van der Waals surface area contributed by atoms with Crippen molar-refractivity contribution in [1.29, 1.82) is 0 Å². The van der Waals surface area contributed by atoms with Gasteiger partial charge in [0.05, 0.1) is 0 Å². The lowest BCUT2D eigenvalue weighted by Gasteiger charge is -2.39. The maximum atomic E-state index is 11.7. The van der Waals surface area contributed by atoms with Gasteiger partial charge in [-0.1, -0.05) is 27.2 Å². The summed E-state index contributed by atoms with van der Waals surface area (Å²) >= 11 is 0. The molecule has 0 spiro atoms. The molecule has 4 atom stereocenters. The molecule has 0 aromatic rings. The molecule has 1 aliphatic carbocycles. The Labute approximate surface area is 136 Å². The minimum absolute atomic E-state index is 0.254. The normalized spacial score (nSPS) is 27.5. The van der Waals surface area contributed by atoms with Gasteiger partial charge in [-0.2, -0.15) is 0 Å². The van der Waals surface area contributed by atoms with Gasteiger partial charge < -0.3 is 15.4 Å². The van der Waals surface area contributed by atoms with Gasteiger partial charge in [0.1, 0.15) is 5.60 Å². The van der Waals surface area contributed by atoms with Gasteiger partial charge >= 0.3 is 6.09 Å². The first-order valence-electron chi connectivity index (χ1n) is 8.81. The second-order valence-electron chi connectivity index (χ2n) is 8.38. The topological polar surface area (TPSA) is 50.4 Å². The van der Waals surface area contributed by atoms with E-state index in [1.807, 2.05) is 20.8 Å². The van der Waals surface area contributed by atoms with Crippen molar-refractivity contribution >= 4 is 6.09 Å². The molecule has 1 saturated carbocycles. The lowest BCUT2D eigenvalue weighted by Crippen LogP contribution is -2.50. The average molecular weight is 312 g/mol. The van der Waals surface area contributed by atoms with E-state index in [9.17, 15) is 4.79 Å². The first-order valence-corrected chi connectivity index (χ1v) is 8.81. The third kappa shape index (κ3) is 6.99. The van der Waals surface area contributed by atoms with Gasteiger partial charge in [-0.25, -0.2) is 4.79 Å². The van der Waals surface area contributed by atoms with Crippen LogP contribution in [0.4, 0.5) is 4.79 Å². The van der Waals surface area contributed by atoms with E-state index in [0.717, 1.165) is 11.8 Å². The molecule has 1 fully saturated rings. The fourth-order valence-electron chi connectivity index (χ4n) is 3.37. The van der Waals surface area contributed by atoms with E-state index < -0.39 is 5.60 Å². The van der Waals surface area contributed by atoms with Crippen LogP contribution in [0.2, 0.25) is 0 Å². The smallest absolute Gasteiger partial charge is 0.407 e. The van der Waals surface area contributed by atoms with Crippen molar-refractivity contribution in [2.24, 2.45) is 17.8 Å². The van der Waals surface area contributed by atoms with Crippen molar-refractivity contribution in [3.63, 3.8) is 0 Å². The highest BCUT2D eigenvalue weighted by Gasteiger charge is 2.31. The summed E-state index contributed by atoms with van der Waals surface area (Å²) in [6, 6.07) is 0.809. The summed E-state index contributed by atoms with van der Waals surface area (Å²) in [6.45, 7) is 15.4. The third-order valence-corrected chi connectivity index (χ3v) is 4.47. The molecule has 1 rings (SSSR count). The van der Waals surface area contributed by atoms with Crippen LogP contribution in [0.1, 0.15) is 67.7 Å². The van der Waals surface area contributed by atoms with Crippen LogP contribution in [0.15, 0.2) is 0 Å². The van der Waals surface area contributed by atoms with Crippen molar-refractivity contribution in [3.8, 4) is 0 Å². The van der Waals surface area contributed by atoms with Gasteiger partial charge in [0, 0.05) is 18.6 Å². The van der Waals surface area contributed by atoms with Crippen LogP contribution in [0.25, 0.3) is 0 Å². The molecular formula is C18H36N2O2. The van der Waals surface area contributed by atoms with E-state index in [1.54, 1.807) is 0 Å². The molecule has 1 amide bonds. The van der Waals surface area contributed by atoms with Gasteiger partial charge in [-0.15, -0.1) is 0 Å². The minimum Gasteiger partial charge on any atom is -0.444 e. The van der Waals surface area contributed by atoms with Crippen LogP contribution in [-0.2, 0) is 4.74 Å². The quantitative estimate of drug-likeness (QED) is 0.808. The molecule has 4 unspecified atom stereocenters. The monoisotopic (exact) mass is 312 g/mol.